The zero-order chi connectivity index (χ0) is 12.5. The lowest BCUT2D eigenvalue weighted by Gasteiger charge is -2.06. The molecule has 2 aromatic heterocycles. The van der Waals surface area contributed by atoms with Gasteiger partial charge in [0.15, 0.2) is 0 Å². The third kappa shape index (κ3) is 2.74. The second-order valence-corrected chi connectivity index (χ2v) is 3.47. The normalized spacial score (nSPS) is 11.7. The van der Waals surface area contributed by atoms with Crippen molar-refractivity contribution in [1.82, 2.24) is 14.8 Å². The second-order valence-electron chi connectivity index (χ2n) is 3.47. The minimum absolute atomic E-state index is 0.287. The Bertz CT molecular complexity index is 501. The van der Waals surface area contributed by atoms with Crippen molar-refractivity contribution in [3.8, 4) is 0 Å². The number of nitrogens with zero attached hydrogens (tertiary/aromatic N) is 3. The van der Waals surface area contributed by atoms with Gasteiger partial charge in [0, 0.05) is 12.4 Å². The molecule has 90 valence electrons. The van der Waals surface area contributed by atoms with E-state index in [9.17, 15) is 13.2 Å². The first-order valence-corrected chi connectivity index (χ1v) is 4.76. The SMILES string of the molecule is Nc1ccn(Cc2ccc(C(F)(F)F)cn2)n1. The van der Waals surface area contributed by atoms with E-state index in [1.165, 1.54) is 10.7 Å². The van der Waals surface area contributed by atoms with Gasteiger partial charge in [-0.15, -0.1) is 0 Å². The Balaban J connectivity index is 2.13. The Kier molecular flexibility index (Phi) is 2.74. The van der Waals surface area contributed by atoms with Crippen LogP contribution in [0.1, 0.15) is 11.3 Å². The molecule has 0 unspecified atom stereocenters. The largest absolute Gasteiger partial charge is 0.417 e. The van der Waals surface area contributed by atoms with Gasteiger partial charge in [0.1, 0.15) is 5.82 Å². The maximum Gasteiger partial charge on any atom is 0.417 e. The number of hydrogen-bond donors (Lipinski definition) is 1. The average molecular weight is 242 g/mol. The second kappa shape index (κ2) is 4.08. The van der Waals surface area contributed by atoms with Gasteiger partial charge in [-0.05, 0) is 18.2 Å². The predicted octanol–water partition coefficient (Wildman–Crippen LogP) is 1.93. The molecule has 0 aliphatic heterocycles. The Labute approximate surface area is 94.9 Å². The van der Waals surface area contributed by atoms with Gasteiger partial charge in [0.25, 0.3) is 0 Å². The van der Waals surface area contributed by atoms with Crippen molar-refractivity contribution in [2.24, 2.45) is 0 Å². The number of nitrogen functional groups attached to an aromatic ring is 1. The highest BCUT2D eigenvalue weighted by molar-refractivity contribution is 5.24. The van der Waals surface area contributed by atoms with Crippen molar-refractivity contribution >= 4 is 5.82 Å². The summed E-state index contributed by atoms with van der Waals surface area (Å²) in [5.74, 6) is 0.358. The number of alkyl halides is 3. The van der Waals surface area contributed by atoms with Crippen molar-refractivity contribution in [3.63, 3.8) is 0 Å². The van der Waals surface area contributed by atoms with Gasteiger partial charge >= 0.3 is 6.18 Å². The van der Waals surface area contributed by atoms with E-state index < -0.39 is 11.7 Å². The maximum atomic E-state index is 12.3. The number of anilines is 1. The number of aromatic nitrogens is 3. The zero-order valence-electron chi connectivity index (χ0n) is 8.65. The van der Waals surface area contributed by atoms with E-state index in [-0.39, 0.29) is 6.54 Å². The van der Waals surface area contributed by atoms with Crippen LogP contribution < -0.4 is 5.73 Å². The molecule has 0 amide bonds. The molecule has 4 nitrogen and oxygen atoms in total. The average Bonchev–Trinajstić information content (AvgIpc) is 2.63. The first-order valence-electron chi connectivity index (χ1n) is 4.76. The molecule has 0 atom stereocenters. The molecule has 0 saturated carbocycles. The summed E-state index contributed by atoms with van der Waals surface area (Å²) in [6.45, 7) is 0.287. The molecule has 0 aliphatic carbocycles. The molecule has 0 bridgehead atoms. The molecule has 2 rings (SSSR count). The lowest BCUT2D eigenvalue weighted by Crippen LogP contribution is -2.08. The number of pyridine rings is 1. The lowest BCUT2D eigenvalue weighted by molar-refractivity contribution is -0.137. The Morgan fingerprint density at radius 3 is 2.47 bits per heavy atom. The van der Waals surface area contributed by atoms with E-state index >= 15 is 0 Å². The van der Waals surface area contributed by atoms with Gasteiger partial charge in [-0.3, -0.25) is 9.67 Å². The smallest absolute Gasteiger partial charge is 0.382 e. The molecule has 0 radical (unpaired) electrons. The van der Waals surface area contributed by atoms with Gasteiger partial charge in [-0.1, -0.05) is 0 Å². The van der Waals surface area contributed by atoms with E-state index in [1.807, 2.05) is 0 Å². The van der Waals surface area contributed by atoms with Crippen molar-refractivity contribution in [1.29, 1.82) is 0 Å². The van der Waals surface area contributed by atoms with E-state index in [1.54, 1.807) is 12.3 Å². The first kappa shape index (κ1) is 11.4. The van der Waals surface area contributed by atoms with Gasteiger partial charge in [-0.25, -0.2) is 0 Å². The molecular formula is C10H9F3N4. The van der Waals surface area contributed by atoms with Gasteiger partial charge in [0.05, 0.1) is 17.8 Å². The summed E-state index contributed by atoms with van der Waals surface area (Å²) in [6.07, 6.45) is -1.92. The maximum absolute atomic E-state index is 12.3. The number of nitrogens with two attached hydrogens (primary N) is 1. The summed E-state index contributed by atoms with van der Waals surface area (Å²) >= 11 is 0. The van der Waals surface area contributed by atoms with E-state index in [0.717, 1.165) is 12.3 Å². The molecule has 17 heavy (non-hydrogen) atoms. The molecule has 2 aromatic rings. The highest BCUT2D eigenvalue weighted by Gasteiger charge is 2.30. The Morgan fingerprint density at radius 2 is 2.00 bits per heavy atom. The highest BCUT2D eigenvalue weighted by atomic mass is 19.4. The van der Waals surface area contributed by atoms with Crippen molar-refractivity contribution < 1.29 is 13.2 Å². The summed E-state index contributed by atoms with van der Waals surface area (Å²) in [4.78, 5) is 3.73. The molecule has 2 heterocycles. The molecule has 0 aromatic carbocycles. The number of halogens is 3. The monoisotopic (exact) mass is 242 g/mol. The summed E-state index contributed by atoms with van der Waals surface area (Å²) in [6, 6.07) is 3.92. The molecule has 0 spiro atoms. The Morgan fingerprint density at radius 1 is 1.24 bits per heavy atom. The van der Waals surface area contributed by atoms with Crippen LogP contribution in [0.25, 0.3) is 0 Å². The fourth-order valence-corrected chi connectivity index (χ4v) is 1.32. The minimum atomic E-state index is -4.36. The Hall–Kier alpha value is -2.05. The van der Waals surface area contributed by atoms with Crippen LogP contribution in [0.5, 0.6) is 0 Å². The van der Waals surface area contributed by atoms with Crippen molar-refractivity contribution in [3.05, 3.63) is 41.9 Å². The number of rotatable bonds is 2. The topological polar surface area (TPSA) is 56.7 Å². The van der Waals surface area contributed by atoms with Crippen LogP contribution >= 0.6 is 0 Å². The van der Waals surface area contributed by atoms with Crippen LogP contribution in [0.3, 0.4) is 0 Å². The summed E-state index contributed by atoms with van der Waals surface area (Å²) in [5.41, 5.74) is 5.14. The van der Waals surface area contributed by atoms with Gasteiger partial charge in [-0.2, -0.15) is 18.3 Å². The molecule has 2 N–H and O–H groups in total. The predicted molar refractivity (Wildman–Crippen MR) is 55.0 cm³/mol. The van der Waals surface area contributed by atoms with Crippen LogP contribution in [-0.4, -0.2) is 14.8 Å². The molecule has 0 fully saturated rings. The fourth-order valence-electron chi connectivity index (χ4n) is 1.32. The lowest BCUT2D eigenvalue weighted by atomic mass is 10.2. The quantitative estimate of drug-likeness (QED) is 0.875. The third-order valence-corrected chi connectivity index (χ3v) is 2.14. The fraction of sp³-hybridized carbons (Fsp3) is 0.200. The molecular weight excluding hydrogens is 233 g/mol. The van der Waals surface area contributed by atoms with Crippen LogP contribution in [0, 0.1) is 0 Å². The van der Waals surface area contributed by atoms with Crippen LogP contribution in [0.15, 0.2) is 30.6 Å². The van der Waals surface area contributed by atoms with E-state index in [0.29, 0.717) is 11.5 Å². The summed E-state index contributed by atoms with van der Waals surface area (Å²) < 4.78 is 38.3. The number of hydrogen-bond acceptors (Lipinski definition) is 3. The molecule has 0 aliphatic rings. The molecule has 7 heteroatoms. The molecule has 0 saturated heterocycles. The van der Waals surface area contributed by atoms with Crippen molar-refractivity contribution in [2.75, 3.05) is 5.73 Å². The van der Waals surface area contributed by atoms with Crippen LogP contribution in [0.2, 0.25) is 0 Å². The summed E-state index contributed by atoms with van der Waals surface area (Å²) in [5, 5.41) is 3.91. The third-order valence-electron chi connectivity index (χ3n) is 2.14. The van der Waals surface area contributed by atoms with Crippen LogP contribution in [-0.2, 0) is 12.7 Å². The highest BCUT2D eigenvalue weighted by Crippen LogP contribution is 2.28. The van der Waals surface area contributed by atoms with Crippen LogP contribution in [0.4, 0.5) is 19.0 Å². The standard InChI is InChI=1S/C10H9F3N4/c11-10(12,13)7-1-2-8(15-5-7)6-17-4-3-9(14)16-17/h1-5H,6H2,(H2,14,16). The zero-order valence-corrected chi connectivity index (χ0v) is 8.65. The van der Waals surface area contributed by atoms with Gasteiger partial charge < -0.3 is 5.73 Å². The minimum Gasteiger partial charge on any atom is -0.382 e. The summed E-state index contributed by atoms with van der Waals surface area (Å²) in [7, 11) is 0. The van der Waals surface area contributed by atoms with E-state index in [2.05, 4.69) is 10.1 Å². The van der Waals surface area contributed by atoms with Gasteiger partial charge in [0.2, 0.25) is 0 Å². The van der Waals surface area contributed by atoms with E-state index in [4.69, 9.17) is 5.73 Å². The first-order chi connectivity index (χ1) is 7.95. The van der Waals surface area contributed by atoms with Crippen molar-refractivity contribution in [2.45, 2.75) is 12.7 Å².